The van der Waals surface area contributed by atoms with Gasteiger partial charge in [-0.05, 0) is 19.8 Å². The zero-order valence-electron chi connectivity index (χ0n) is 9.52. The van der Waals surface area contributed by atoms with E-state index < -0.39 is 0 Å². The van der Waals surface area contributed by atoms with Crippen LogP contribution in [-0.2, 0) is 4.74 Å². The average molecular weight is 256 g/mol. The maximum absolute atomic E-state index is 11.8. The van der Waals surface area contributed by atoms with Crippen LogP contribution in [0, 0.1) is 0 Å². The van der Waals surface area contributed by atoms with Crippen LogP contribution in [0.5, 0.6) is 0 Å². The minimum Gasteiger partial charge on any atom is -0.378 e. The van der Waals surface area contributed by atoms with Crippen molar-refractivity contribution in [1.29, 1.82) is 0 Å². The Morgan fingerprint density at radius 3 is 3.00 bits per heavy atom. The van der Waals surface area contributed by atoms with Crippen LogP contribution in [0.15, 0.2) is 12.4 Å². The second-order valence-electron chi connectivity index (χ2n) is 4.10. The lowest BCUT2D eigenvalue weighted by Gasteiger charge is -2.27. The number of amides is 1. The van der Waals surface area contributed by atoms with Gasteiger partial charge in [0.15, 0.2) is 0 Å². The van der Waals surface area contributed by atoms with Crippen molar-refractivity contribution in [2.75, 3.05) is 6.61 Å². The SMILES string of the molecule is CC1CC(NC(=O)c2cnc(Cl)cn2)CCO1. The molecular formula is C11H14ClN3O2. The van der Waals surface area contributed by atoms with Gasteiger partial charge in [-0.1, -0.05) is 11.6 Å². The first-order valence-electron chi connectivity index (χ1n) is 5.55. The fraction of sp³-hybridized carbons (Fsp3) is 0.545. The average Bonchev–Trinajstić information content (AvgIpc) is 2.29. The Labute approximate surface area is 105 Å². The van der Waals surface area contributed by atoms with Gasteiger partial charge in [0, 0.05) is 12.6 Å². The number of rotatable bonds is 2. The summed E-state index contributed by atoms with van der Waals surface area (Å²) in [5.41, 5.74) is 0.286. The summed E-state index contributed by atoms with van der Waals surface area (Å²) >= 11 is 5.61. The number of nitrogens with zero attached hydrogens (tertiary/aromatic N) is 2. The minimum absolute atomic E-state index is 0.142. The Kier molecular flexibility index (Phi) is 3.91. The van der Waals surface area contributed by atoms with Gasteiger partial charge in [0.05, 0.1) is 18.5 Å². The number of carbonyl (C=O) groups is 1. The minimum atomic E-state index is -0.215. The quantitative estimate of drug-likeness (QED) is 0.868. The van der Waals surface area contributed by atoms with E-state index in [1.54, 1.807) is 0 Å². The van der Waals surface area contributed by atoms with Crippen LogP contribution >= 0.6 is 11.6 Å². The van der Waals surface area contributed by atoms with Crippen LogP contribution in [0.4, 0.5) is 0 Å². The standard InChI is InChI=1S/C11H14ClN3O2/c1-7-4-8(2-3-17-7)15-11(16)9-5-14-10(12)6-13-9/h5-8H,2-4H2,1H3,(H,15,16). The molecule has 1 fully saturated rings. The first kappa shape index (κ1) is 12.3. The zero-order chi connectivity index (χ0) is 12.3. The number of halogens is 1. The molecule has 2 unspecified atom stereocenters. The molecule has 0 bridgehead atoms. The monoisotopic (exact) mass is 255 g/mol. The molecule has 2 heterocycles. The van der Waals surface area contributed by atoms with E-state index in [-0.39, 0.29) is 28.9 Å². The van der Waals surface area contributed by atoms with Crippen LogP contribution in [0.25, 0.3) is 0 Å². The maximum atomic E-state index is 11.8. The van der Waals surface area contributed by atoms with Gasteiger partial charge in [0.1, 0.15) is 10.8 Å². The molecule has 1 N–H and O–H groups in total. The fourth-order valence-electron chi connectivity index (χ4n) is 1.82. The largest absolute Gasteiger partial charge is 0.378 e. The summed E-state index contributed by atoms with van der Waals surface area (Å²) in [5.74, 6) is -0.215. The van der Waals surface area contributed by atoms with Gasteiger partial charge < -0.3 is 10.1 Å². The zero-order valence-corrected chi connectivity index (χ0v) is 10.3. The third-order valence-electron chi connectivity index (χ3n) is 2.67. The van der Waals surface area contributed by atoms with Gasteiger partial charge in [0.2, 0.25) is 0 Å². The third-order valence-corrected chi connectivity index (χ3v) is 2.87. The molecule has 2 rings (SSSR count). The molecule has 0 radical (unpaired) electrons. The predicted octanol–water partition coefficient (Wildman–Crippen LogP) is 1.43. The Morgan fingerprint density at radius 1 is 1.53 bits per heavy atom. The van der Waals surface area contributed by atoms with E-state index in [0.29, 0.717) is 6.61 Å². The topological polar surface area (TPSA) is 64.1 Å². The van der Waals surface area contributed by atoms with Crippen molar-refractivity contribution in [1.82, 2.24) is 15.3 Å². The number of ether oxygens (including phenoxy) is 1. The number of nitrogens with one attached hydrogen (secondary N) is 1. The second-order valence-corrected chi connectivity index (χ2v) is 4.49. The van der Waals surface area contributed by atoms with Crippen LogP contribution in [0.2, 0.25) is 5.15 Å². The van der Waals surface area contributed by atoms with E-state index in [1.807, 2.05) is 6.92 Å². The molecule has 5 nitrogen and oxygen atoms in total. The molecule has 6 heteroatoms. The van der Waals surface area contributed by atoms with E-state index >= 15 is 0 Å². The fourth-order valence-corrected chi connectivity index (χ4v) is 1.92. The number of hydrogen-bond donors (Lipinski definition) is 1. The van der Waals surface area contributed by atoms with Crippen molar-refractivity contribution in [3.8, 4) is 0 Å². The summed E-state index contributed by atoms with van der Waals surface area (Å²) in [4.78, 5) is 19.6. The summed E-state index contributed by atoms with van der Waals surface area (Å²) in [6.45, 7) is 2.68. The first-order valence-corrected chi connectivity index (χ1v) is 5.93. The molecule has 92 valence electrons. The Bertz CT molecular complexity index is 396. The third kappa shape index (κ3) is 3.38. The smallest absolute Gasteiger partial charge is 0.271 e. The van der Waals surface area contributed by atoms with Crippen molar-refractivity contribution in [2.45, 2.75) is 31.9 Å². The van der Waals surface area contributed by atoms with Gasteiger partial charge in [-0.15, -0.1) is 0 Å². The number of aromatic nitrogens is 2. The molecule has 1 amide bonds. The van der Waals surface area contributed by atoms with Gasteiger partial charge in [0.25, 0.3) is 5.91 Å². The molecule has 1 aromatic rings. The number of hydrogen-bond acceptors (Lipinski definition) is 4. The molecule has 17 heavy (non-hydrogen) atoms. The Morgan fingerprint density at radius 2 is 2.35 bits per heavy atom. The summed E-state index contributed by atoms with van der Waals surface area (Å²) < 4.78 is 5.41. The van der Waals surface area contributed by atoms with Gasteiger partial charge in [-0.25, -0.2) is 9.97 Å². The highest BCUT2D eigenvalue weighted by Crippen LogP contribution is 2.13. The Balaban J connectivity index is 1.94. The van der Waals surface area contributed by atoms with Crippen LogP contribution in [0.3, 0.4) is 0 Å². The molecule has 1 aliphatic heterocycles. The molecule has 1 aliphatic rings. The van der Waals surface area contributed by atoms with Crippen molar-refractivity contribution >= 4 is 17.5 Å². The van der Waals surface area contributed by atoms with E-state index in [9.17, 15) is 4.79 Å². The van der Waals surface area contributed by atoms with Crippen molar-refractivity contribution in [2.24, 2.45) is 0 Å². The summed E-state index contributed by atoms with van der Waals surface area (Å²) in [6.07, 6.45) is 4.58. The van der Waals surface area contributed by atoms with Gasteiger partial charge >= 0.3 is 0 Å². The predicted molar refractivity (Wildman–Crippen MR) is 62.9 cm³/mol. The van der Waals surface area contributed by atoms with Crippen molar-refractivity contribution in [3.05, 3.63) is 23.2 Å². The van der Waals surface area contributed by atoms with Crippen LogP contribution < -0.4 is 5.32 Å². The second kappa shape index (κ2) is 5.42. The molecule has 1 aromatic heterocycles. The highest BCUT2D eigenvalue weighted by atomic mass is 35.5. The maximum Gasteiger partial charge on any atom is 0.271 e. The molecule has 0 aromatic carbocycles. The van der Waals surface area contributed by atoms with Gasteiger partial charge in [-0.2, -0.15) is 0 Å². The van der Waals surface area contributed by atoms with Crippen molar-refractivity contribution < 1.29 is 9.53 Å². The molecule has 2 atom stereocenters. The van der Waals surface area contributed by atoms with E-state index in [0.717, 1.165) is 12.8 Å². The van der Waals surface area contributed by atoms with E-state index in [1.165, 1.54) is 12.4 Å². The molecule has 0 aliphatic carbocycles. The van der Waals surface area contributed by atoms with Gasteiger partial charge in [-0.3, -0.25) is 4.79 Å². The Hall–Kier alpha value is -1.20. The summed E-state index contributed by atoms with van der Waals surface area (Å²) in [6, 6.07) is 0.142. The molecule has 0 saturated carbocycles. The van der Waals surface area contributed by atoms with E-state index in [4.69, 9.17) is 16.3 Å². The highest BCUT2D eigenvalue weighted by Gasteiger charge is 2.21. The molecule has 0 spiro atoms. The highest BCUT2D eigenvalue weighted by molar-refractivity contribution is 6.29. The van der Waals surface area contributed by atoms with E-state index in [2.05, 4.69) is 15.3 Å². The number of carbonyl (C=O) groups excluding carboxylic acids is 1. The van der Waals surface area contributed by atoms with Crippen LogP contribution in [0.1, 0.15) is 30.3 Å². The van der Waals surface area contributed by atoms with Crippen LogP contribution in [-0.4, -0.2) is 34.6 Å². The summed E-state index contributed by atoms with van der Waals surface area (Å²) in [5, 5.41) is 3.20. The lowest BCUT2D eigenvalue weighted by Crippen LogP contribution is -2.41. The lowest BCUT2D eigenvalue weighted by atomic mass is 10.0. The van der Waals surface area contributed by atoms with Crippen molar-refractivity contribution in [3.63, 3.8) is 0 Å². The summed E-state index contributed by atoms with van der Waals surface area (Å²) in [7, 11) is 0. The molecular weight excluding hydrogens is 242 g/mol. The first-order chi connectivity index (χ1) is 8.15. The normalized spacial score (nSPS) is 24.4. The lowest BCUT2D eigenvalue weighted by molar-refractivity contribution is 0.0136. The molecule has 1 saturated heterocycles.